The number of carboxylic acids is 1. The van der Waals surface area contributed by atoms with Crippen LogP contribution < -0.4 is 10.2 Å². The molecule has 0 radical (unpaired) electrons. The molecule has 0 aliphatic rings. The normalized spacial score (nSPS) is 11.8. The number of primary sulfonamides is 1. The molecule has 0 aliphatic carbocycles. The average Bonchev–Trinajstić information content (AvgIpc) is 2.14. The fourth-order valence-electron chi connectivity index (χ4n) is 0.933. The predicted molar refractivity (Wildman–Crippen MR) is 51.9 cm³/mol. The molecule has 1 aromatic carbocycles. The molecule has 1 aromatic rings. The highest BCUT2D eigenvalue weighted by atomic mass is 32.2. The third kappa shape index (κ3) is 3.53. The average molecular weight is 226 g/mol. The first kappa shape index (κ1) is 11.4. The van der Waals surface area contributed by atoms with E-state index in [-0.39, 0.29) is 4.90 Å². The summed E-state index contributed by atoms with van der Waals surface area (Å²) in [5.41, 5.74) is 0.548. The van der Waals surface area contributed by atoms with Crippen LogP contribution in [0.3, 0.4) is 0 Å². The van der Waals surface area contributed by atoms with Crippen LogP contribution in [0.1, 0.15) is 5.56 Å². The summed E-state index contributed by atoms with van der Waals surface area (Å²) in [7, 11) is -3.70. The van der Waals surface area contributed by atoms with Gasteiger partial charge in [-0.25, -0.2) is 13.6 Å². The molecule has 0 atom stereocenters. The Bertz CT molecular complexity index is 487. The number of nitrogens with two attached hydrogens (primary N) is 1. The summed E-state index contributed by atoms with van der Waals surface area (Å²) in [5.74, 6) is -1.31. The van der Waals surface area contributed by atoms with E-state index in [0.717, 1.165) is 6.08 Å². The van der Waals surface area contributed by atoms with Crippen LogP contribution in [0.25, 0.3) is 6.08 Å². The van der Waals surface area contributed by atoms with Gasteiger partial charge >= 0.3 is 0 Å². The highest BCUT2D eigenvalue weighted by Crippen LogP contribution is 2.09. The van der Waals surface area contributed by atoms with Crippen LogP contribution in [0.5, 0.6) is 0 Å². The van der Waals surface area contributed by atoms with E-state index in [1.54, 1.807) is 0 Å². The molecule has 0 aromatic heterocycles. The molecule has 0 heterocycles. The number of sulfonamides is 1. The SMILES string of the molecule is NS(=O)(=O)c1ccc(/C=C/C(=O)[O-])cc1. The maximum absolute atomic E-state index is 10.9. The molecule has 80 valence electrons. The molecule has 0 unspecified atom stereocenters. The Balaban J connectivity index is 2.96. The number of hydrogen-bond donors (Lipinski definition) is 1. The molecule has 1 rings (SSSR count). The second-order valence-electron chi connectivity index (χ2n) is 2.77. The van der Waals surface area contributed by atoms with Crippen LogP contribution in [0.15, 0.2) is 35.2 Å². The zero-order valence-corrected chi connectivity index (χ0v) is 8.40. The molecule has 15 heavy (non-hydrogen) atoms. The summed E-state index contributed by atoms with van der Waals surface area (Å²) >= 11 is 0. The monoisotopic (exact) mass is 226 g/mol. The Morgan fingerprint density at radius 2 is 1.80 bits per heavy atom. The molecule has 0 bridgehead atoms. The van der Waals surface area contributed by atoms with E-state index in [1.165, 1.54) is 30.3 Å². The van der Waals surface area contributed by atoms with Crippen LogP contribution in [-0.2, 0) is 14.8 Å². The van der Waals surface area contributed by atoms with Crippen molar-refractivity contribution in [1.82, 2.24) is 0 Å². The van der Waals surface area contributed by atoms with Gasteiger partial charge in [0.15, 0.2) is 0 Å². The predicted octanol–water partition coefficient (Wildman–Crippen LogP) is -0.903. The van der Waals surface area contributed by atoms with Gasteiger partial charge in [-0.3, -0.25) is 0 Å². The van der Waals surface area contributed by atoms with Crippen LogP contribution >= 0.6 is 0 Å². The Labute approximate surface area is 86.9 Å². The first-order valence-electron chi connectivity index (χ1n) is 3.91. The van der Waals surface area contributed by atoms with Gasteiger partial charge in [0, 0.05) is 0 Å². The number of rotatable bonds is 3. The largest absolute Gasteiger partial charge is 0.545 e. The molecule has 6 heteroatoms. The van der Waals surface area contributed by atoms with E-state index in [2.05, 4.69) is 0 Å². The van der Waals surface area contributed by atoms with E-state index in [4.69, 9.17) is 5.14 Å². The van der Waals surface area contributed by atoms with Gasteiger partial charge in [-0.2, -0.15) is 0 Å². The Morgan fingerprint density at radius 1 is 1.27 bits per heavy atom. The summed E-state index contributed by atoms with van der Waals surface area (Å²) < 4.78 is 21.7. The van der Waals surface area contributed by atoms with Gasteiger partial charge in [0.2, 0.25) is 10.0 Å². The van der Waals surface area contributed by atoms with Crippen molar-refractivity contribution in [3.05, 3.63) is 35.9 Å². The lowest BCUT2D eigenvalue weighted by atomic mass is 10.2. The first-order valence-corrected chi connectivity index (χ1v) is 5.46. The summed E-state index contributed by atoms with van der Waals surface area (Å²) in [6.07, 6.45) is 2.15. The molecule has 0 saturated heterocycles. The molecule has 0 spiro atoms. The van der Waals surface area contributed by atoms with Crippen molar-refractivity contribution in [3.63, 3.8) is 0 Å². The minimum atomic E-state index is -3.70. The number of carbonyl (C=O) groups is 1. The quantitative estimate of drug-likeness (QED) is 0.675. The lowest BCUT2D eigenvalue weighted by Gasteiger charge is -1.98. The highest BCUT2D eigenvalue weighted by molar-refractivity contribution is 7.89. The molecule has 0 aliphatic heterocycles. The van der Waals surface area contributed by atoms with Gasteiger partial charge in [-0.15, -0.1) is 0 Å². The van der Waals surface area contributed by atoms with Crippen molar-refractivity contribution >= 4 is 22.1 Å². The summed E-state index contributed by atoms with van der Waals surface area (Å²) in [4.78, 5) is 10.1. The van der Waals surface area contributed by atoms with Gasteiger partial charge < -0.3 is 9.90 Å². The van der Waals surface area contributed by atoms with Crippen LogP contribution in [0, 0.1) is 0 Å². The molecule has 0 saturated carbocycles. The zero-order valence-electron chi connectivity index (χ0n) is 7.58. The van der Waals surface area contributed by atoms with Gasteiger partial charge in [0.1, 0.15) is 0 Å². The molecule has 0 amide bonds. The van der Waals surface area contributed by atoms with Crippen molar-refractivity contribution in [1.29, 1.82) is 0 Å². The summed E-state index contributed by atoms with van der Waals surface area (Å²) in [6.45, 7) is 0. The number of carbonyl (C=O) groups excluding carboxylic acids is 1. The van der Waals surface area contributed by atoms with Gasteiger partial charge in [0.25, 0.3) is 0 Å². The number of benzene rings is 1. The number of aliphatic carboxylic acids is 1. The van der Waals surface area contributed by atoms with Crippen LogP contribution in [0.2, 0.25) is 0 Å². The maximum Gasteiger partial charge on any atom is 0.238 e. The Kier molecular flexibility index (Phi) is 3.23. The van der Waals surface area contributed by atoms with Gasteiger partial charge in [-0.05, 0) is 23.8 Å². The van der Waals surface area contributed by atoms with Crippen LogP contribution in [-0.4, -0.2) is 14.4 Å². The number of carboxylic acid groups (broad SMARTS) is 1. The van der Waals surface area contributed by atoms with Crippen molar-refractivity contribution in [2.45, 2.75) is 4.90 Å². The zero-order chi connectivity index (χ0) is 11.5. The summed E-state index contributed by atoms with van der Waals surface area (Å²) in [6, 6.07) is 5.48. The van der Waals surface area contributed by atoms with Crippen LogP contribution in [0.4, 0.5) is 0 Å². The van der Waals surface area contributed by atoms with Gasteiger partial charge in [0.05, 0.1) is 10.9 Å². The standard InChI is InChI=1S/C9H9NO4S/c10-15(13,14)8-4-1-7(2-5-8)3-6-9(11)12/h1-6H,(H,11,12)(H2,10,13,14)/p-1/b6-3+. The van der Waals surface area contributed by atoms with Gasteiger partial charge in [-0.1, -0.05) is 18.2 Å². The van der Waals surface area contributed by atoms with E-state index >= 15 is 0 Å². The van der Waals surface area contributed by atoms with E-state index in [0.29, 0.717) is 5.56 Å². The first-order chi connectivity index (χ1) is 6.89. The maximum atomic E-state index is 10.9. The third-order valence-corrected chi connectivity index (χ3v) is 2.55. The topological polar surface area (TPSA) is 100 Å². The molecular weight excluding hydrogens is 218 g/mol. The lowest BCUT2D eigenvalue weighted by molar-refractivity contribution is -0.297. The fourth-order valence-corrected chi connectivity index (χ4v) is 1.45. The second-order valence-corrected chi connectivity index (χ2v) is 4.33. The molecule has 5 nitrogen and oxygen atoms in total. The number of hydrogen-bond acceptors (Lipinski definition) is 4. The van der Waals surface area contributed by atoms with E-state index < -0.39 is 16.0 Å². The minimum Gasteiger partial charge on any atom is -0.545 e. The molecule has 2 N–H and O–H groups in total. The van der Waals surface area contributed by atoms with E-state index in [1.807, 2.05) is 0 Å². The Hall–Kier alpha value is -1.66. The smallest absolute Gasteiger partial charge is 0.238 e. The second kappa shape index (κ2) is 4.24. The Morgan fingerprint density at radius 3 is 2.20 bits per heavy atom. The van der Waals surface area contributed by atoms with Crippen molar-refractivity contribution in [2.75, 3.05) is 0 Å². The van der Waals surface area contributed by atoms with Crippen molar-refractivity contribution in [2.24, 2.45) is 5.14 Å². The minimum absolute atomic E-state index is 0.0203. The van der Waals surface area contributed by atoms with Crippen molar-refractivity contribution < 1.29 is 18.3 Å². The third-order valence-electron chi connectivity index (χ3n) is 1.62. The molecular formula is C9H8NO4S-. The van der Waals surface area contributed by atoms with E-state index in [9.17, 15) is 18.3 Å². The lowest BCUT2D eigenvalue weighted by Crippen LogP contribution is -2.18. The van der Waals surface area contributed by atoms with Crippen molar-refractivity contribution in [3.8, 4) is 0 Å². The molecule has 0 fully saturated rings. The highest BCUT2D eigenvalue weighted by Gasteiger charge is 2.05. The fraction of sp³-hybridized carbons (Fsp3) is 0. The summed E-state index contributed by atoms with van der Waals surface area (Å²) in [5, 5.41) is 15.0.